The van der Waals surface area contributed by atoms with Crippen LogP contribution in [0.2, 0.25) is 5.02 Å². The van der Waals surface area contributed by atoms with Crippen molar-refractivity contribution >= 4 is 51.2 Å². The summed E-state index contributed by atoms with van der Waals surface area (Å²) in [6.45, 7) is 0.338. The summed E-state index contributed by atoms with van der Waals surface area (Å²) in [6, 6.07) is 8.97. The highest BCUT2D eigenvalue weighted by Crippen LogP contribution is 2.39. The van der Waals surface area contributed by atoms with Gasteiger partial charge >= 0.3 is 5.97 Å². The summed E-state index contributed by atoms with van der Waals surface area (Å²) < 4.78 is 10.6. The van der Waals surface area contributed by atoms with E-state index >= 15 is 0 Å². The van der Waals surface area contributed by atoms with Crippen molar-refractivity contribution < 1.29 is 19.1 Å². The Balaban J connectivity index is 1.45. The van der Waals surface area contributed by atoms with E-state index in [4.69, 9.17) is 21.1 Å². The number of nitrogens with one attached hydrogen (secondary N) is 1. The maximum atomic E-state index is 12.7. The number of rotatable bonds is 6. The Bertz CT molecular complexity index is 1070. The van der Waals surface area contributed by atoms with Crippen molar-refractivity contribution in [2.24, 2.45) is 0 Å². The average Bonchev–Trinajstić information content (AvgIpc) is 3.42. The molecular weight excluding hydrogens is 430 g/mol. The molecule has 4 rings (SSSR count). The number of methoxy groups -OCH3 is 1. The molecule has 0 fully saturated rings. The monoisotopic (exact) mass is 447 g/mol. The van der Waals surface area contributed by atoms with E-state index in [0.717, 1.165) is 35.3 Å². The van der Waals surface area contributed by atoms with E-state index < -0.39 is 5.97 Å². The molecule has 0 saturated heterocycles. The van der Waals surface area contributed by atoms with Gasteiger partial charge in [-0.05, 0) is 54.5 Å². The summed E-state index contributed by atoms with van der Waals surface area (Å²) in [4.78, 5) is 26.7. The first-order valence-electron chi connectivity index (χ1n) is 9.05. The fourth-order valence-corrected chi connectivity index (χ4v) is 5.51. The number of thiophene rings is 2. The average molecular weight is 448 g/mol. The number of carbonyl (C=O) groups excluding carboxylic acids is 2. The van der Waals surface area contributed by atoms with Crippen LogP contribution in [0, 0.1) is 0 Å². The third-order valence-electron chi connectivity index (χ3n) is 4.62. The summed E-state index contributed by atoms with van der Waals surface area (Å²) >= 11 is 8.76. The molecule has 1 amide bonds. The molecule has 2 aromatic heterocycles. The first kappa shape index (κ1) is 19.9. The molecule has 2 heterocycles. The Kier molecular flexibility index (Phi) is 5.89. The number of fused-ring (bicyclic) bond motifs is 1. The molecular formula is C21H18ClNO4S2. The van der Waals surface area contributed by atoms with Crippen molar-refractivity contribution in [2.45, 2.75) is 25.9 Å². The minimum Gasteiger partial charge on any atom is -0.489 e. The van der Waals surface area contributed by atoms with Crippen LogP contribution in [0.5, 0.6) is 5.75 Å². The number of halogens is 1. The molecule has 5 nitrogen and oxygen atoms in total. The van der Waals surface area contributed by atoms with Crippen LogP contribution in [-0.4, -0.2) is 19.0 Å². The Morgan fingerprint density at radius 2 is 2.10 bits per heavy atom. The van der Waals surface area contributed by atoms with Gasteiger partial charge in [-0.2, -0.15) is 0 Å². The van der Waals surface area contributed by atoms with E-state index in [-0.39, 0.29) is 5.91 Å². The number of carbonyl (C=O) groups is 2. The molecule has 8 heteroatoms. The highest BCUT2D eigenvalue weighted by Gasteiger charge is 2.28. The molecule has 0 bridgehead atoms. The number of anilines is 1. The lowest BCUT2D eigenvalue weighted by Crippen LogP contribution is -2.13. The summed E-state index contributed by atoms with van der Waals surface area (Å²) in [5.41, 5.74) is 2.40. The molecule has 1 aromatic carbocycles. The second-order valence-electron chi connectivity index (χ2n) is 6.57. The van der Waals surface area contributed by atoms with Gasteiger partial charge in [0.05, 0.1) is 17.6 Å². The van der Waals surface area contributed by atoms with Gasteiger partial charge in [-0.15, -0.1) is 22.7 Å². The van der Waals surface area contributed by atoms with Crippen molar-refractivity contribution in [2.75, 3.05) is 12.4 Å². The lowest BCUT2D eigenvalue weighted by atomic mass is 10.1. The van der Waals surface area contributed by atoms with Crippen LogP contribution in [-0.2, 0) is 24.2 Å². The van der Waals surface area contributed by atoms with Crippen LogP contribution in [0.15, 0.2) is 35.7 Å². The fourth-order valence-electron chi connectivity index (χ4n) is 3.27. The second kappa shape index (κ2) is 8.57. The third kappa shape index (κ3) is 4.32. The Morgan fingerprint density at radius 3 is 2.90 bits per heavy atom. The molecule has 29 heavy (non-hydrogen) atoms. The summed E-state index contributed by atoms with van der Waals surface area (Å²) in [6.07, 6.45) is 2.81. The van der Waals surface area contributed by atoms with Crippen LogP contribution >= 0.6 is 34.3 Å². The van der Waals surface area contributed by atoms with Crippen molar-refractivity contribution in [3.8, 4) is 5.75 Å². The zero-order chi connectivity index (χ0) is 20.4. The fraction of sp³-hybridized carbons (Fsp3) is 0.238. The number of esters is 1. The van der Waals surface area contributed by atoms with Crippen molar-refractivity contribution in [1.82, 2.24) is 0 Å². The molecule has 0 unspecified atom stereocenters. The first-order chi connectivity index (χ1) is 14.0. The molecule has 3 aromatic rings. The Labute approximate surface area is 181 Å². The third-order valence-corrected chi connectivity index (χ3v) is 7.04. The minimum atomic E-state index is -0.401. The number of hydrogen-bond donors (Lipinski definition) is 1. The molecule has 0 spiro atoms. The van der Waals surface area contributed by atoms with Crippen molar-refractivity contribution in [3.05, 3.63) is 67.2 Å². The van der Waals surface area contributed by atoms with Crippen molar-refractivity contribution in [3.63, 3.8) is 0 Å². The van der Waals surface area contributed by atoms with Gasteiger partial charge in [0.2, 0.25) is 0 Å². The normalized spacial score (nSPS) is 12.5. The topological polar surface area (TPSA) is 64.6 Å². The molecule has 1 aliphatic rings. The van der Waals surface area contributed by atoms with Gasteiger partial charge in [0.25, 0.3) is 5.91 Å². The van der Waals surface area contributed by atoms with E-state index in [1.165, 1.54) is 29.8 Å². The summed E-state index contributed by atoms with van der Waals surface area (Å²) in [5, 5.41) is 5.96. The van der Waals surface area contributed by atoms with Gasteiger partial charge in [0, 0.05) is 15.5 Å². The standard InChI is InChI=1S/C21H18ClNO4S2/c1-26-21(25)18-15-6-3-7-16(15)29-20(18)23-19(24)17-8-12(11-28-17)10-27-14-5-2-4-13(22)9-14/h2,4-5,8-9,11H,3,6-7,10H2,1H3,(H,23,24). The van der Waals surface area contributed by atoms with Gasteiger partial charge in [-0.1, -0.05) is 17.7 Å². The lowest BCUT2D eigenvalue weighted by Gasteiger charge is -2.06. The first-order valence-corrected chi connectivity index (χ1v) is 11.1. The lowest BCUT2D eigenvalue weighted by molar-refractivity contribution is 0.0601. The van der Waals surface area contributed by atoms with Gasteiger partial charge in [-0.25, -0.2) is 4.79 Å². The molecule has 150 valence electrons. The predicted molar refractivity (Wildman–Crippen MR) is 116 cm³/mol. The molecule has 1 N–H and O–H groups in total. The van der Waals surface area contributed by atoms with Gasteiger partial charge in [0.1, 0.15) is 17.4 Å². The maximum Gasteiger partial charge on any atom is 0.341 e. The minimum absolute atomic E-state index is 0.242. The zero-order valence-corrected chi connectivity index (χ0v) is 18.0. The van der Waals surface area contributed by atoms with Crippen LogP contribution in [0.25, 0.3) is 0 Å². The molecule has 0 aliphatic heterocycles. The Morgan fingerprint density at radius 1 is 1.24 bits per heavy atom. The molecule has 0 atom stereocenters. The van der Waals surface area contributed by atoms with Crippen LogP contribution in [0.3, 0.4) is 0 Å². The number of ether oxygens (including phenoxy) is 2. The molecule has 1 aliphatic carbocycles. The molecule has 0 saturated carbocycles. The Hall–Kier alpha value is -2.35. The van der Waals surface area contributed by atoms with E-state index in [0.29, 0.717) is 32.8 Å². The summed E-state index contributed by atoms with van der Waals surface area (Å²) in [7, 11) is 1.36. The number of aryl methyl sites for hydroxylation is 1. The largest absolute Gasteiger partial charge is 0.489 e. The van der Waals surface area contributed by atoms with E-state index in [9.17, 15) is 9.59 Å². The quantitative estimate of drug-likeness (QED) is 0.502. The molecule has 0 radical (unpaired) electrons. The van der Waals surface area contributed by atoms with Crippen LogP contribution in [0.4, 0.5) is 5.00 Å². The highest BCUT2D eigenvalue weighted by molar-refractivity contribution is 7.17. The zero-order valence-electron chi connectivity index (χ0n) is 15.6. The number of amides is 1. The number of hydrogen-bond acceptors (Lipinski definition) is 6. The van der Waals surface area contributed by atoms with Crippen molar-refractivity contribution in [1.29, 1.82) is 0 Å². The number of benzene rings is 1. The predicted octanol–water partition coefficient (Wildman–Crippen LogP) is 5.57. The highest BCUT2D eigenvalue weighted by atomic mass is 35.5. The smallest absolute Gasteiger partial charge is 0.341 e. The van der Waals surface area contributed by atoms with Gasteiger partial charge in [0.15, 0.2) is 0 Å². The van der Waals surface area contributed by atoms with E-state index in [1.54, 1.807) is 18.2 Å². The van der Waals surface area contributed by atoms with Gasteiger partial charge < -0.3 is 14.8 Å². The van der Waals surface area contributed by atoms with E-state index in [2.05, 4.69) is 5.32 Å². The second-order valence-corrected chi connectivity index (χ2v) is 9.03. The van der Waals surface area contributed by atoms with Crippen LogP contribution < -0.4 is 10.1 Å². The maximum absolute atomic E-state index is 12.7. The van der Waals surface area contributed by atoms with E-state index in [1.807, 2.05) is 17.5 Å². The SMILES string of the molecule is COC(=O)c1c(NC(=O)c2cc(COc3cccc(Cl)c3)cs2)sc2c1CCC2. The van der Waals surface area contributed by atoms with Crippen LogP contribution in [0.1, 0.15) is 42.5 Å². The summed E-state index contributed by atoms with van der Waals surface area (Å²) in [5.74, 6) is 0.0288. The van der Waals surface area contributed by atoms with Gasteiger partial charge in [-0.3, -0.25) is 4.79 Å².